The Morgan fingerprint density at radius 1 is 1.00 bits per heavy atom. The number of hydrogen-bond acceptors (Lipinski definition) is 3. The Morgan fingerprint density at radius 2 is 1.61 bits per heavy atom. The molecule has 0 bridgehead atoms. The van der Waals surface area contributed by atoms with E-state index in [1.54, 1.807) is 7.11 Å². The molecule has 164 valence electrons. The first-order valence-corrected chi connectivity index (χ1v) is 11.3. The van der Waals surface area contributed by atoms with Gasteiger partial charge in [0.05, 0.1) is 7.11 Å². The van der Waals surface area contributed by atoms with Crippen LogP contribution in [0, 0.1) is 11.8 Å². The first-order valence-electron chi connectivity index (χ1n) is 11.3. The number of methoxy groups -OCH3 is 1. The maximum absolute atomic E-state index is 13.3. The molecule has 1 atom stereocenters. The predicted octanol–water partition coefficient (Wildman–Crippen LogP) is 4.47. The lowest BCUT2D eigenvalue weighted by atomic mass is 10.0. The van der Waals surface area contributed by atoms with Crippen LogP contribution >= 0.6 is 0 Å². The minimum Gasteiger partial charge on any atom is -0.497 e. The lowest BCUT2D eigenvalue weighted by molar-refractivity contribution is -0.131. The highest BCUT2D eigenvalue weighted by Gasteiger charge is 2.37. The molecule has 2 fully saturated rings. The van der Waals surface area contributed by atoms with Gasteiger partial charge in [-0.3, -0.25) is 9.59 Å². The third-order valence-electron chi connectivity index (χ3n) is 6.42. The smallest absolute Gasteiger partial charge is 0.254 e. The van der Waals surface area contributed by atoms with Crippen molar-refractivity contribution < 1.29 is 14.3 Å². The maximum Gasteiger partial charge on any atom is 0.254 e. The van der Waals surface area contributed by atoms with Gasteiger partial charge in [0.1, 0.15) is 5.75 Å². The third-order valence-corrected chi connectivity index (χ3v) is 6.42. The normalized spacial score (nSPS) is 18.3. The molecule has 2 aliphatic rings. The van der Waals surface area contributed by atoms with Crippen LogP contribution < -0.4 is 4.74 Å². The van der Waals surface area contributed by atoms with Crippen LogP contribution in [-0.2, 0) is 4.79 Å². The van der Waals surface area contributed by atoms with Crippen LogP contribution in [0.1, 0.15) is 43.5 Å². The molecular weight excluding hydrogens is 388 g/mol. The summed E-state index contributed by atoms with van der Waals surface area (Å²) in [7, 11) is 1.66. The van der Waals surface area contributed by atoms with Crippen molar-refractivity contribution in [3.63, 3.8) is 0 Å². The summed E-state index contributed by atoms with van der Waals surface area (Å²) in [5.74, 6) is 1.83. The summed E-state index contributed by atoms with van der Waals surface area (Å²) in [6, 6.07) is 15.8. The molecule has 1 aliphatic heterocycles. The lowest BCUT2D eigenvalue weighted by Gasteiger charge is -2.30. The molecule has 1 unspecified atom stereocenters. The fourth-order valence-corrected chi connectivity index (χ4v) is 4.33. The molecular formula is C26H32N2O3. The quantitative estimate of drug-likeness (QED) is 0.664. The lowest BCUT2D eigenvalue weighted by Crippen LogP contribution is -2.41. The fraction of sp³-hybridized carbons (Fsp3) is 0.462. The highest BCUT2D eigenvalue weighted by Crippen LogP contribution is 2.33. The number of ether oxygens (including phenoxy) is 1. The van der Waals surface area contributed by atoms with Crippen LogP contribution in [0.15, 0.2) is 48.5 Å². The number of carbonyl (C=O) groups excluding carboxylic acids is 2. The molecule has 1 heterocycles. The van der Waals surface area contributed by atoms with E-state index in [2.05, 4.69) is 13.8 Å². The SMILES string of the molecule is COc1ccc(-c2ccc(C(=O)N(CC3CCN(C(=O)C4CC4)C3)C(C)C)cc2)cc1. The van der Waals surface area contributed by atoms with Gasteiger partial charge < -0.3 is 14.5 Å². The van der Waals surface area contributed by atoms with Gasteiger partial charge in [-0.2, -0.15) is 0 Å². The fourth-order valence-electron chi connectivity index (χ4n) is 4.33. The van der Waals surface area contributed by atoms with Crippen molar-refractivity contribution in [1.82, 2.24) is 9.80 Å². The molecule has 5 nitrogen and oxygen atoms in total. The zero-order valence-corrected chi connectivity index (χ0v) is 18.7. The van der Waals surface area contributed by atoms with Crippen molar-refractivity contribution in [3.05, 3.63) is 54.1 Å². The van der Waals surface area contributed by atoms with Crippen molar-refractivity contribution in [2.75, 3.05) is 26.7 Å². The summed E-state index contributed by atoms with van der Waals surface area (Å²) in [5.41, 5.74) is 2.86. The van der Waals surface area contributed by atoms with E-state index >= 15 is 0 Å². The summed E-state index contributed by atoms with van der Waals surface area (Å²) in [5, 5.41) is 0. The van der Waals surface area contributed by atoms with Gasteiger partial charge in [-0.1, -0.05) is 24.3 Å². The van der Waals surface area contributed by atoms with Crippen LogP contribution in [0.2, 0.25) is 0 Å². The summed E-state index contributed by atoms with van der Waals surface area (Å²) >= 11 is 0. The molecule has 31 heavy (non-hydrogen) atoms. The van der Waals surface area contributed by atoms with Crippen LogP contribution in [0.25, 0.3) is 11.1 Å². The highest BCUT2D eigenvalue weighted by atomic mass is 16.5. The van der Waals surface area contributed by atoms with Crippen molar-refractivity contribution in [2.45, 2.75) is 39.2 Å². The molecule has 2 aromatic carbocycles. The monoisotopic (exact) mass is 420 g/mol. The zero-order valence-electron chi connectivity index (χ0n) is 18.7. The van der Waals surface area contributed by atoms with Crippen LogP contribution in [0.5, 0.6) is 5.75 Å². The Kier molecular flexibility index (Phi) is 6.30. The average Bonchev–Trinajstić information content (AvgIpc) is 3.54. The van der Waals surface area contributed by atoms with E-state index in [4.69, 9.17) is 4.74 Å². The topological polar surface area (TPSA) is 49.9 Å². The van der Waals surface area contributed by atoms with E-state index in [1.165, 1.54) is 0 Å². The van der Waals surface area contributed by atoms with Crippen LogP contribution in [0.4, 0.5) is 0 Å². The number of nitrogens with zero attached hydrogens (tertiary/aromatic N) is 2. The van der Waals surface area contributed by atoms with Gasteiger partial charge in [0, 0.05) is 37.2 Å². The van der Waals surface area contributed by atoms with Gasteiger partial charge in [-0.15, -0.1) is 0 Å². The van der Waals surface area contributed by atoms with E-state index in [0.717, 1.165) is 49.2 Å². The first kappa shape index (κ1) is 21.4. The van der Waals surface area contributed by atoms with Gasteiger partial charge in [-0.05, 0) is 74.4 Å². The second-order valence-corrected chi connectivity index (χ2v) is 9.07. The van der Waals surface area contributed by atoms with Gasteiger partial charge in [0.15, 0.2) is 0 Å². The highest BCUT2D eigenvalue weighted by molar-refractivity contribution is 5.95. The Labute approximate surface area is 185 Å². The standard InChI is InChI=1S/C26H32N2O3/c1-18(2)28(17-19-14-15-27(16-19)25(29)22-8-9-22)26(30)23-6-4-20(5-7-23)21-10-12-24(31-3)13-11-21/h4-7,10-13,18-19,22H,8-9,14-17H2,1-3H3. The summed E-state index contributed by atoms with van der Waals surface area (Å²) in [6.45, 7) is 6.43. The molecule has 2 aromatic rings. The molecule has 1 aliphatic carbocycles. The van der Waals surface area contributed by atoms with Crippen molar-refractivity contribution in [2.24, 2.45) is 11.8 Å². The minimum atomic E-state index is 0.0586. The molecule has 5 heteroatoms. The van der Waals surface area contributed by atoms with E-state index in [9.17, 15) is 9.59 Å². The Hall–Kier alpha value is -2.82. The molecule has 2 amide bonds. The molecule has 4 rings (SSSR count). The van der Waals surface area contributed by atoms with E-state index in [0.29, 0.717) is 23.9 Å². The van der Waals surface area contributed by atoms with Gasteiger partial charge in [-0.25, -0.2) is 0 Å². The molecule has 1 saturated heterocycles. The van der Waals surface area contributed by atoms with E-state index < -0.39 is 0 Å². The van der Waals surface area contributed by atoms with E-state index in [1.807, 2.05) is 58.3 Å². The second kappa shape index (κ2) is 9.13. The van der Waals surface area contributed by atoms with Crippen molar-refractivity contribution >= 4 is 11.8 Å². The number of benzene rings is 2. The number of hydrogen-bond donors (Lipinski definition) is 0. The Balaban J connectivity index is 1.41. The van der Waals surface area contributed by atoms with Gasteiger partial charge >= 0.3 is 0 Å². The van der Waals surface area contributed by atoms with E-state index in [-0.39, 0.29) is 17.9 Å². The van der Waals surface area contributed by atoms with Crippen molar-refractivity contribution in [3.8, 4) is 16.9 Å². The van der Waals surface area contributed by atoms with Gasteiger partial charge in [0.2, 0.25) is 5.91 Å². The number of amides is 2. The number of carbonyl (C=O) groups is 2. The van der Waals surface area contributed by atoms with Crippen molar-refractivity contribution in [1.29, 1.82) is 0 Å². The average molecular weight is 421 g/mol. The molecule has 0 aromatic heterocycles. The Bertz CT molecular complexity index is 917. The maximum atomic E-state index is 13.3. The number of likely N-dealkylation sites (tertiary alicyclic amines) is 1. The molecule has 0 N–H and O–H groups in total. The van der Waals surface area contributed by atoms with Gasteiger partial charge in [0.25, 0.3) is 5.91 Å². The summed E-state index contributed by atoms with van der Waals surface area (Å²) in [4.78, 5) is 29.6. The predicted molar refractivity (Wildman–Crippen MR) is 122 cm³/mol. The molecule has 1 saturated carbocycles. The Morgan fingerprint density at radius 3 is 2.16 bits per heavy atom. The third kappa shape index (κ3) is 4.92. The number of rotatable bonds is 7. The summed E-state index contributed by atoms with van der Waals surface area (Å²) < 4.78 is 5.22. The summed E-state index contributed by atoms with van der Waals surface area (Å²) in [6.07, 6.45) is 3.07. The first-order chi connectivity index (χ1) is 15.0. The molecule has 0 radical (unpaired) electrons. The zero-order chi connectivity index (χ0) is 22.0. The molecule has 0 spiro atoms. The van der Waals surface area contributed by atoms with Crippen LogP contribution in [-0.4, -0.2) is 54.4 Å². The minimum absolute atomic E-state index is 0.0586. The second-order valence-electron chi connectivity index (χ2n) is 9.07. The van der Waals surface area contributed by atoms with Crippen LogP contribution in [0.3, 0.4) is 0 Å². The largest absolute Gasteiger partial charge is 0.497 e.